The SMILES string of the molecule is CNC(C)c1ccc(Sc2nc(C)ns2)cc1Cl. The number of benzene rings is 1. The van der Waals surface area contributed by atoms with E-state index in [-0.39, 0.29) is 6.04 Å². The fraction of sp³-hybridized carbons (Fsp3) is 0.333. The van der Waals surface area contributed by atoms with Crippen molar-refractivity contribution in [1.29, 1.82) is 0 Å². The van der Waals surface area contributed by atoms with Gasteiger partial charge < -0.3 is 5.32 Å². The lowest BCUT2D eigenvalue weighted by Gasteiger charge is -2.13. The number of rotatable bonds is 4. The van der Waals surface area contributed by atoms with Crippen LogP contribution in [-0.2, 0) is 0 Å². The highest BCUT2D eigenvalue weighted by molar-refractivity contribution is 8.01. The van der Waals surface area contributed by atoms with Gasteiger partial charge in [-0.2, -0.15) is 4.37 Å². The van der Waals surface area contributed by atoms with Gasteiger partial charge in [-0.1, -0.05) is 29.4 Å². The minimum atomic E-state index is 0.250. The van der Waals surface area contributed by atoms with E-state index in [1.807, 2.05) is 20.0 Å². The molecule has 0 bridgehead atoms. The molecule has 6 heteroatoms. The summed E-state index contributed by atoms with van der Waals surface area (Å²) in [5.41, 5.74) is 1.11. The quantitative estimate of drug-likeness (QED) is 0.928. The first kappa shape index (κ1) is 13.8. The Balaban J connectivity index is 2.18. The molecular formula is C12H14ClN3S2. The molecule has 3 nitrogen and oxygen atoms in total. The Bertz CT molecular complexity index is 542. The number of hydrogen-bond donors (Lipinski definition) is 1. The lowest BCUT2D eigenvalue weighted by Crippen LogP contribution is -2.12. The molecule has 0 amide bonds. The second kappa shape index (κ2) is 6.02. The lowest BCUT2D eigenvalue weighted by atomic mass is 10.1. The molecule has 0 spiro atoms. The number of halogens is 1. The van der Waals surface area contributed by atoms with Crippen LogP contribution >= 0.6 is 34.9 Å². The molecule has 1 atom stereocenters. The molecule has 0 saturated heterocycles. The maximum absolute atomic E-state index is 6.29. The van der Waals surface area contributed by atoms with E-state index in [1.54, 1.807) is 11.8 Å². The first-order valence-electron chi connectivity index (χ1n) is 5.55. The highest BCUT2D eigenvalue weighted by Crippen LogP contribution is 2.33. The molecule has 1 unspecified atom stereocenters. The first-order chi connectivity index (χ1) is 8.60. The van der Waals surface area contributed by atoms with Crippen molar-refractivity contribution in [3.8, 4) is 0 Å². The Hall–Kier alpha value is -0.620. The summed E-state index contributed by atoms with van der Waals surface area (Å²) < 4.78 is 5.10. The van der Waals surface area contributed by atoms with Crippen molar-refractivity contribution < 1.29 is 0 Å². The Morgan fingerprint density at radius 3 is 2.78 bits per heavy atom. The molecular weight excluding hydrogens is 286 g/mol. The first-order valence-corrected chi connectivity index (χ1v) is 7.52. The van der Waals surface area contributed by atoms with Gasteiger partial charge in [-0.05, 0) is 50.1 Å². The van der Waals surface area contributed by atoms with Crippen molar-refractivity contribution in [3.05, 3.63) is 34.6 Å². The van der Waals surface area contributed by atoms with E-state index in [2.05, 4.69) is 33.7 Å². The number of nitrogens with one attached hydrogen (secondary N) is 1. The Labute approximate surface area is 120 Å². The topological polar surface area (TPSA) is 37.8 Å². The molecule has 1 N–H and O–H groups in total. The molecule has 0 saturated carbocycles. The molecule has 1 aromatic heterocycles. The average molecular weight is 300 g/mol. The van der Waals surface area contributed by atoms with Gasteiger partial charge in [-0.3, -0.25) is 0 Å². The van der Waals surface area contributed by atoms with Crippen molar-refractivity contribution in [2.24, 2.45) is 0 Å². The molecule has 96 valence electrons. The smallest absolute Gasteiger partial charge is 0.174 e. The second-order valence-electron chi connectivity index (χ2n) is 3.90. The molecule has 2 aromatic rings. The molecule has 1 aromatic carbocycles. The van der Waals surface area contributed by atoms with Gasteiger partial charge in [-0.15, -0.1) is 0 Å². The van der Waals surface area contributed by atoms with Crippen molar-refractivity contribution in [1.82, 2.24) is 14.7 Å². The van der Waals surface area contributed by atoms with E-state index >= 15 is 0 Å². The molecule has 1 heterocycles. The predicted molar refractivity (Wildman–Crippen MR) is 77.7 cm³/mol. The predicted octanol–water partition coefficient (Wildman–Crippen LogP) is 3.93. The van der Waals surface area contributed by atoms with Crippen molar-refractivity contribution in [2.75, 3.05) is 7.05 Å². The third-order valence-corrected chi connectivity index (χ3v) is 4.74. The fourth-order valence-corrected chi connectivity index (χ4v) is 3.57. The minimum Gasteiger partial charge on any atom is -0.313 e. The van der Waals surface area contributed by atoms with Crippen molar-refractivity contribution >= 4 is 34.9 Å². The van der Waals surface area contributed by atoms with Gasteiger partial charge in [0.2, 0.25) is 0 Å². The van der Waals surface area contributed by atoms with Crippen LogP contribution in [0.25, 0.3) is 0 Å². The van der Waals surface area contributed by atoms with Gasteiger partial charge in [0.25, 0.3) is 0 Å². The maximum Gasteiger partial charge on any atom is 0.174 e. The van der Waals surface area contributed by atoms with E-state index in [4.69, 9.17) is 11.6 Å². The number of nitrogens with zero attached hydrogens (tertiary/aromatic N) is 2. The van der Waals surface area contributed by atoms with Crippen LogP contribution in [0.3, 0.4) is 0 Å². The summed E-state index contributed by atoms with van der Waals surface area (Å²) in [4.78, 5) is 5.41. The van der Waals surface area contributed by atoms with Crippen LogP contribution in [0.15, 0.2) is 27.4 Å². The highest BCUT2D eigenvalue weighted by atomic mass is 35.5. The molecule has 0 radical (unpaired) electrons. The standard InChI is InChI=1S/C12H14ClN3S2/c1-7(14-3)10-5-4-9(6-11(10)13)17-12-15-8(2)16-18-12/h4-7,14H,1-3H3. The molecule has 18 heavy (non-hydrogen) atoms. The molecule has 0 aliphatic rings. The molecule has 2 rings (SSSR count). The van der Waals surface area contributed by atoms with Crippen LogP contribution < -0.4 is 5.32 Å². The molecule has 0 aliphatic carbocycles. The van der Waals surface area contributed by atoms with E-state index in [0.717, 1.165) is 25.6 Å². The van der Waals surface area contributed by atoms with Gasteiger partial charge in [-0.25, -0.2) is 4.98 Å². The van der Waals surface area contributed by atoms with E-state index < -0.39 is 0 Å². The summed E-state index contributed by atoms with van der Waals surface area (Å²) in [5, 5.41) is 3.96. The Morgan fingerprint density at radius 1 is 1.44 bits per heavy atom. The van der Waals surface area contributed by atoms with Gasteiger partial charge in [0, 0.05) is 16.0 Å². The number of aryl methyl sites for hydroxylation is 1. The zero-order chi connectivity index (χ0) is 13.1. The third kappa shape index (κ3) is 3.23. The minimum absolute atomic E-state index is 0.250. The second-order valence-corrected chi connectivity index (χ2v) is 6.38. The third-order valence-electron chi connectivity index (χ3n) is 2.59. The molecule has 0 fully saturated rings. The molecule has 0 aliphatic heterocycles. The van der Waals surface area contributed by atoms with E-state index in [1.165, 1.54) is 11.5 Å². The Kier molecular flexibility index (Phi) is 4.61. The van der Waals surface area contributed by atoms with Crippen LogP contribution in [0.1, 0.15) is 24.4 Å². The number of aromatic nitrogens is 2. The van der Waals surface area contributed by atoms with Crippen LogP contribution in [0, 0.1) is 6.92 Å². The van der Waals surface area contributed by atoms with Crippen LogP contribution in [0.4, 0.5) is 0 Å². The van der Waals surface area contributed by atoms with Gasteiger partial charge in [0.1, 0.15) is 5.82 Å². The van der Waals surface area contributed by atoms with Crippen molar-refractivity contribution in [2.45, 2.75) is 29.1 Å². The average Bonchev–Trinajstić information content (AvgIpc) is 2.74. The van der Waals surface area contributed by atoms with Crippen molar-refractivity contribution in [3.63, 3.8) is 0 Å². The maximum atomic E-state index is 6.29. The summed E-state index contributed by atoms with van der Waals surface area (Å²) in [5.74, 6) is 0.814. The summed E-state index contributed by atoms with van der Waals surface area (Å²) in [7, 11) is 1.92. The zero-order valence-corrected chi connectivity index (χ0v) is 12.8. The largest absolute Gasteiger partial charge is 0.313 e. The lowest BCUT2D eigenvalue weighted by molar-refractivity contribution is 0.652. The van der Waals surface area contributed by atoms with E-state index in [0.29, 0.717) is 0 Å². The van der Waals surface area contributed by atoms with Gasteiger partial charge in [0.05, 0.1) is 0 Å². The number of hydrogen-bond acceptors (Lipinski definition) is 5. The monoisotopic (exact) mass is 299 g/mol. The van der Waals surface area contributed by atoms with Gasteiger partial charge in [0.15, 0.2) is 4.34 Å². The van der Waals surface area contributed by atoms with Gasteiger partial charge >= 0.3 is 0 Å². The summed E-state index contributed by atoms with van der Waals surface area (Å²) >= 11 is 9.29. The van der Waals surface area contributed by atoms with Crippen LogP contribution in [-0.4, -0.2) is 16.4 Å². The normalized spacial score (nSPS) is 12.7. The highest BCUT2D eigenvalue weighted by Gasteiger charge is 2.10. The summed E-state index contributed by atoms with van der Waals surface area (Å²) in [6.07, 6.45) is 0. The zero-order valence-electron chi connectivity index (χ0n) is 10.4. The fourth-order valence-electron chi connectivity index (χ4n) is 1.50. The van der Waals surface area contributed by atoms with E-state index in [9.17, 15) is 0 Å². The van der Waals surface area contributed by atoms with Crippen LogP contribution in [0.5, 0.6) is 0 Å². The summed E-state index contributed by atoms with van der Waals surface area (Å²) in [6, 6.07) is 6.35. The summed E-state index contributed by atoms with van der Waals surface area (Å²) in [6.45, 7) is 3.98. The Morgan fingerprint density at radius 2 is 2.22 bits per heavy atom. The van der Waals surface area contributed by atoms with Crippen LogP contribution in [0.2, 0.25) is 5.02 Å².